The number of sulfonamides is 1. The normalized spacial score (nSPS) is 11.2. The van der Waals surface area contributed by atoms with Gasteiger partial charge in [-0.15, -0.1) is 11.3 Å². The van der Waals surface area contributed by atoms with E-state index in [1.54, 1.807) is 24.3 Å². The van der Waals surface area contributed by atoms with E-state index in [1.165, 1.54) is 49.8 Å². The molecule has 2 heterocycles. The number of nitrogens with zero attached hydrogens (tertiary/aromatic N) is 1. The van der Waals surface area contributed by atoms with Crippen molar-refractivity contribution in [3.8, 4) is 22.1 Å². The summed E-state index contributed by atoms with van der Waals surface area (Å²) in [6.45, 7) is 0. The molecule has 5 rings (SSSR count). The van der Waals surface area contributed by atoms with Gasteiger partial charge in [0.25, 0.3) is 21.8 Å². The maximum absolute atomic E-state index is 13.3. The Balaban J connectivity index is 1.37. The summed E-state index contributed by atoms with van der Waals surface area (Å²) in [5.74, 6) is -0.939. The zero-order chi connectivity index (χ0) is 30.7. The van der Waals surface area contributed by atoms with Gasteiger partial charge in [-0.2, -0.15) is 0 Å². The minimum Gasteiger partial charge on any atom is -0.495 e. The number of thiophene rings is 1. The summed E-state index contributed by atoms with van der Waals surface area (Å²) in [4.78, 5) is 31.4. The fraction of sp³-hybridized carbons (Fsp3) is 0.0690. The average Bonchev–Trinajstić information content (AvgIpc) is 3.54. The third-order valence-corrected chi connectivity index (χ3v) is 9.26. The van der Waals surface area contributed by atoms with Crippen LogP contribution in [-0.2, 0) is 10.0 Å². The molecule has 2 amide bonds. The molecule has 220 valence electrons. The summed E-state index contributed by atoms with van der Waals surface area (Å²) < 4.78 is 39.4. The third-order valence-electron chi connectivity index (χ3n) is 6.23. The fourth-order valence-electron chi connectivity index (χ4n) is 4.16. The van der Waals surface area contributed by atoms with Gasteiger partial charge in [0.15, 0.2) is 0 Å². The number of pyridine rings is 1. The van der Waals surface area contributed by atoms with Crippen LogP contribution >= 0.6 is 34.5 Å². The highest BCUT2D eigenvalue weighted by molar-refractivity contribution is 7.92. The Labute approximate surface area is 260 Å². The first kappa shape index (κ1) is 30.1. The van der Waals surface area contributed by atoms with E-state index in [4.69, 9.17) is 32.7 Å². The molecule has 0 aliphatic carbocycles. The van der Waals surface area contributed by atoms with Crippen LogP contribution in [-0.4, -0.2) is 39.4 Å². The van der Waals surface area contributed by atoms with E-state index >= 15 is 0 Å². The molecule has 0 bridgehead atoms. The molecule has 43 heavy (non-hydrogen) atoms. The minimum absolute atomic E-state index is 0.0259. The van der Waals surface area contributed by atoms with Crippen molar-refractivity contribution in [2.45, 2.75) is 4.90 Å². The smallest absolute Gasteiger partial charge is 0.270 e. The highest BCUT2D eigenvalue weighted by Crippen LogP contribution is 2.37. The van der Waals surface area contributed by atoms with E-state index in [0.29, 0.717) is 22.2 Å². The molecule has 0 spiro atoms. The molecule has 0 saturated carbocycles. The Morgan fingerprint density at radius 3 is 2.30 bits per heavy atom. The monoisotopic (exact) mass is 656 g/mol. The van der Waals surface area contributed by atoms with Crippen molar-refractivity contribution in [2.24, 2.45) is 0 Å². The highest BCUT2D eigenvalue weighted by Gasteiger charge is 2.23. The van der Waals surface area contributed by atoms with Crippen LogP contribution in [0.15, 0.2) is 83.1 Å². The predicted octanol–water partition coefficient (Wildman–Crippen LogP) is 6.16. The first-order chi connectivity index (χ1) is 20.6. The van der Waals surface area contributed by atoms with Crippen LogP contribution in [0.4, 0.5) is 5.69 Å². The lowest BCUT2D eigenvalue weighted by molar-refractivity contribution is 0.0847. The van der Waals surface area contributed by atoms with Crippen LogP contribution in [0.5, 0.6) is 11.5 Å². The number of hydrazine groups is 1. The molecule has 2 aromatic heterocycles. The number of carbonyl (C=O) groups is 2. The van der Waals surface area contributed by atoms with E-state index in [2.05, 4.69) is 20.6 Å². The lowest BCUT2D eigenvalue weighted by atomic mass is 10.1. The Morgan fingerprint density at radius 2 is 1.58 bits per heavy atom. The van der Waals surface area contributed by atoms with Gasteiger partial charge >= 0.3 is 0 Å². The van der Waals surface area contributed by atoms with Crippen LogP contribution in [0.2, 0.25) is 10.0 Å². The number of para-hydroxylation sites is 1. The zero-order valence-corrected chi connectivity index (χ0v) is 25.6. The maximum Gasteiger partial charge on any atom is 0.270 e. The summed E-state index contributed by atoms with van der Waals surface area (Å²) in [5, 5.41) is 2.50. The van der Waals surface area contributed by atoms with Gasteiger partial charge in [-0.3, -0.25) is 25.2 Å². The molecule has 0 aliphatic rings. The molecule has 0 atom stereocenters. The zero-order valence-electron chi connectivity index (χ0n) is 22.5. The number of fused-ring (bicyclic) bond motifs is 1. The van der Waals surface area contributed by atoms with Crippen LogP contribution in [0.1, 0.15) is 20.7 Å². The summed E-state index contributed by atoms with van der Waals surface area (Å²) in [7, 11) is -1.57. The van der Waals surface area contributed by atoms with Crippen molar-refractivity contribution < 1.29 is 27.5 Å². The molecule has 0 saturated heterocycles. The number of nitrogens with one attached hydrogen (secondary N) is 3. The van der Waals surface area contributed by atoms with E-state index in [9.17, 15) is 18.0 Å². The fourth-order valence-corrected chi connectivity index (χ4v) is 6.67. The molecule has 0 unspecified atom stereocenters. The van der Waals surface area contributed by atoms with Crippen molar-refractivity contribution in [1.82, 2.24) is 15.8 Å². The van der Waals surface area contributed by atoms with Crippen LogP contribution < -0.4 is 25.0 Å². The van der Waals surface area contributed by atoms with E-state index < -0.39 is 21.8 Å². The van der Waals surface area contributed by atoms with Crippen molar-refractivity contribution in [1.29, 1.82) is 0 Å². The number of aromatic nitrogens is 1. The molecule has 0 aliphatic heterocycles. The van der Waals surface area contributed by atoms with Crippen molar-refractivity contribution >= 4 is 73.0 Å². The second-order valence-electron chi connectivity index (χ2n) is 8.90. The average molecular weight is 658 g/mol. The second kappa shape index (κ2) is 12.5. The van der Waals surface area contributed by atoms with Gasteiger partial charge in [-0.25, -0.2) is 13.4 Å². The lowest BCUT2D eigenvalue weighted by Crippen LogP contribution is -2.41. The number of methoxy groups -OCH3 is 2. The van der Waals surface area contributed by atoms with Gasteiger partial charge in [-0.1, -0.05) is 47.5 Å². The number of rotatable bonds is 8. The first-order valence-corrected chi connectivity index (χ1v) is 15.5. The van der Waals surface area contributed by atoms with Gasteiger partial charge in [0.2, 0.25) is 0 Å². The van der Waals surface area contributed by atoms with E-state index in [1.807, 2.05) is 23.6 Å². The van der Waals surface area contributed by atoms with Crippen LogP contribution in [0.3, 0.4) is 0 Å². The van der Waals surface area contributed by atoms with Crippen molar-refractivity contribution in [3.63, 3.8) is 0 Å². The van der Waals surface area contributed by atoms with Gasteiger partial charge in [0.05, 0.1) is 51.6 Å². The molecule has 10 nitrogen and oxygen atoms in total. The standard InChI is InChI=1S/C29H22Cl2N4O6S2/c1-40-24-15-25(41-2)22(14-20(24)31)35-43(38,39)27-12-16(9-10-19(27)30)28(36)33-34-29(37)18-13-23(26-8-5-11-42-26)32-21-7-4-3-6-17(18)21/h3-15,35H,1-2H3,(H,33,36)(H,34,37). The Bertz CT molecular complexity index is 1970. The number of amides is 2. The minimum atomic E-state index is -4.33. The second-order valence-corrected chi connectivity index (χ2v) is 12.3. The van der Waals surface area contributed by atoms with Crippen LogP contribution in [0, 0.1) is 0 Å². The van der Waals surface area contributed by atoms with Gasteiger partial charge in [0.1, 0.15) is 16.4 Å². The molecule has 0 fully saturated rings. The largest absolute Gasteiger partial charge is 0.495 e. The van der Waals surface area contributed by atoms with E-state index in [-0.39, 0.29) is 37.7 Å². The number of anilines is 1. The molecular weight excluding hydrogens is 635 g/mol. The number of hydrogen-bond acceptors (Lipinski definition) is 8. The first-order valence-electron chi connectivity index (χ1n) is 12.4. The predicted molar refractivity (Wildman–Crippen MR) is 167 cm³/mol. The molecule has 3 aromatic carbocycles. The molecule has 3 N–H and O–H groups in total. The summed E-state index contributed by atoms with van der Waals surface area (Å²) >= 11 is 13.9. The summed E-state index contributed by atoms with van der Waals surface area (Å²) in [6, 6.07) is 19.0. The topological polar surface area (TPSA) is 136 Å². The number of benzene rings is 3. The van der Waals surface area contributed by atoms with Gasteiger partial charge < -0.3 is 9.47 Å². The molecule has 0 radical (unpaired) electrons. The van der Waals surface area contributed by atoms with Crippen molar-refractivity contribution in [3.05, 3.63) is 99.3 Å². The molecule has 14 heteroatoms. The Kier molecular flexibility index (Phi) is 8.74. The summed E-state index contributed by atoms with van der Waals surface area (Å²) in [6.07, 6.45) is 0. The number of hydrogen-bond donors (Lipinski definition) is 3. The van der Waals surface area contributed by atoms with Gasteiger partial charge in [-0.05, 0) is 47.8 Å². The Hall–Kier alpha value is -4.36. The number of carbonyl (C=O) groups excluding carboxylic acids is 2. The molecule has 5 aromatic rings. The summed E-state index contributed by atoms with van der Waals surface area (Å²) in [5.41, 5.74) is 6.20. The SMILES string of the molecule is COc1cc(OC)c(NS(=O)(=O)c2cc(C(=O)NNC(=O)c3cc(-c4cccs4)nc4ccccc34)ccc2Cl)cc1Cl. The van der Waals surface area contributed by atoms with Crippen LogP contribution in [0.25, 0.3) is 21.5 Å². The third kappa shape index (κ3) is 6.37. The number of ether oxygens (including phenoxy) is 2. The maximum atomic E-state index is 13.3. The van der Waals surface area contributed by atoms with Crippen molar-refractivity contribution in [2.75, 3.05) is 18.9 Å². The molecular formula is C29H22Cl2N4O6S2. The van der Waals surface area contributed by atoms with E-state index in [0.717, 1.165) is 10.9 Å². The highest BCUT2D eigenvalue weighted by atomic mass is 35.5. The van der Waals surface area contributed by atoms with Gasteiger partial charge in [0, 0.05) is 17.0 Å². The quantitative estimate of drug-likeness (QED) is 0.170. The Morgan fingerprint density at radius 1 is 0.837 bits per heavy atom. The lowest BCUT2D eigenvalue weighted by Gasteiger charge is -2.15. The number of halogens is 2.